The molecule has 1 aromatic carbocycles. The molecule has 18 heavy (non-hydrogen) atoms. The highest BCUT2D eigenvalue weighted by Gasteiger charge is 2.09. The number of aryl methyl sites for hydroxylation is 1. The zero-order valence-corrected chi connectivity index (χ0v) is 11.1. The molecular weight excluding hydrogens is 230 g/mol. The van der Waals surface area contributed by atoms with Crippen molar-refractivity contribution in [1.29, 1.82) is 0 Å². The molecule has 0 spiro atoms. The zero-order valence-electron chi connectivity index (χ0n) is 11.1. The molecule has 5 nitrogen and oxygen atoms in total. The van der Waals surface area contributed by atoms with Crippen LogP contribution in [-0.4, -0.2) is 47.6 Å². The number of nitrogens with two attached hydrogens (primary N) is 1. The Bertz CT molecular complexity index is 369. The number of aliphatic hydroxyl groups excluding tert-OH is 2. The minimum atomic E-state index is -0.550. The first-order chi connectivity index (χ1) is 8.54. The van der Waals surface area contributed by atoms with Crippen molar-refractivity contribution in [3.05, 3.63) is 23.8 Å². The van der Waals surface area contributed by atoms with Crippen molar-refractivity contribution >= 4 is 11.4 Å². The maximum atomic E-state index is 9.50. The van der Waals surface area contributed by atoms with Crippen molar-refractivity contribution in [3.8, 4) is 0 Å². The molecule has 0 amide bonds. The Balaban J connectivity index is 2.45. The van der Waals surface area contributed by atoms with Crippen LogP contribution in [0.3, 0.4) is 0 Å². The lowest BCUT2D eigenvalue weighted by atomic mass is 10.2. The third-order valence-electron chi connectivity index (χ3n) is 2.88. The number of aliphatic hydroxyl groups is 2. The second kappa shape index (κ2) is 7.20. The zero-order chi connectivity index (χ0) is 13.5. The molecule has 5 N–H and O–H groups in total. The van der Waals surface area contributed by atoms with E-state index >= 15 is 0 Å². The Morgan fingerprint density at radius 2 is 2.11 bits per heavy atom. The van der Waals surface area contributed by atoms with Gasteiger partial charge in [0.2, 0.25) is 0 Å². The quantitative estimate of drug-likeness (QED) is 0.423. The molecule has 0 aromatic heterocycles. The monoisotopic (exact) mass is 253 g/mol. The molecule has 0 bridgehead atoms. The SMILES string of the molecule is Cc1cc(N)ccc1NCCN(CCO)C(C)O. The Morgan fingerprint density at radius 3 is 2.67 bits per heavy atom. The van der Waals surface area contributed by atoms with Crippen LogP contribution < -0.4 is 11.1 Å². The van der Waals surface area contributed by atoms with Crippen molar-refractivity contribution in [1.82, 2.24) is 4.90 Å². The molecule has 1 aromatic rings. The molecular formula is C13H23N3O2. The summed E-state index contributed by atoms with van der Waals surface area (Å²) >= 11 is 0. The molecule has 1 unspecified atom stereocenters. The van der Waals surface area contributed by atoms with Crippen LogP contribution in [0, 0.1) is 6.92 Å². The summed E-state index contributed by atoms with van der Waals surface area (Å²) in [6.45, 7) is 5.59. The van der Waals surface area contributed by atoms with Crippen molar-refractivity contribution in [2.24, 2.45) is 0 Å². The number of nitrogens with one attached hydrogen (secondary N) is 1. The van der Waals surface area contributed by atoms with Gasteiger partial charge in [0, 0.05) is 31.0 Å². The first kappa shape index (κ1) is 14.8. The summed E-state index contributed by atoms with van der Waals surface area (Å²) in [5.74, 6) is 0. The number of hydrogen-bond acceptors (Lipinski definition) is 5. The maximum absolute atomic E-state index is 9.50. The Kier molecular flexibility index (Phi) is 5.91. The number of nitrogen functional groups attached to an aromatic ring is 1. The molecule has 0 heterocycles. The van der Waals surface area contributed by atoms with Crippen molar-refractivity contribution in [2.75, 3.05) is 37.3 Å². The predicted octanol–water partition coefficient (Wildman–Crippen LogP) is 0.622. The topological polar surface area (TPSA) is 81.8 Å². The average molecular weight is 253 g/mol. The second-order valence-corrected chi connectivity index (χ2v) is 4.39. The van der Waals surface area contributed by atoms with E-state index in [0.29, 0.717) is 19.6 Å². The van der Waals surface area contributed by atoms with Crippen molar-refractivity contribution in [3.63, 3.8) is 0 Å². The number of nitrogens with zero attached hydrogens (tertiary/aromatic N) is 1. The maximum Gasteiger partial charge on any atom is 0.104 e. The normalized spacial score (nSPS) is 12.7. The van der Waals surface area contributed by atoms with Gasteiger partial charge in [-0.25, -0.2) is 0 Å². The Morgan fingerprint density at radius 1 is 1.39 bits per heavy atom. The molecule has 0 aliphatic rings. The van der Waals surface area contributed by atoms with Gasteiger partial charge in [-0.3, -0.25) is 4.90 Å². The molecule has 0 fully saturated rings. The highest BCUT2D eigenvalue weighted by atomic mass is 16.3. The van der Waals surface area contributed by atoms with Gasteiger partial charge in [-0.05, 0) is 37.6 Å². The van der Waals surface area contributed by atoms with Crippen LogP contribution in [-0.2, 0) is 0 Å². The van der Waals surface area contributed by atoms with E-state index in [9.17, 15) is 5.11 Å². The lowest BCUT2D eigenvalue weighted by molar-refractivity contribution is 0.0113. The molecule has 102 valence electrons. The van der Waals surface area contributed by atoms with E-state index in [1.807, 2.05) is 25.1 Å². The van der Waals surface area contributed by atoms with Gasteiger partial charge >= 0.3 is 0 Å². The summed E-state index contributed by atoms with van der Waals surface area (Å²) in [5, 5.41) is 21.7. The van der Waals surface area contributed by atoms with Crippen molar-refractivity contribution < 1.29 is 10.2 Å². The first-order valence-corrected chi connectivity index (χ1v) is 6.17. The van der Waals surface area contributed by atoms with Crippen molar-refractivity contribution in [2.45, 2.75) is 20.1 Å². The standard InChI is InChI=1S/C13H23N3O2/c1-10-9-12(14)3-4-13(10)15-5-6-16(7-8-17)11(2)18/h3-4,9,11,15,17-18H,5-8,14H2,1-2H3. The summed E-state index contributed by atoms with van der Waals surface area (Å²) in [6.07, 6.45) is -0.550. The fourth-order valence-electron chi connectivity index (χ4n) is 1.83. The van der Waals surface area contributed by atoms with Gasteiger partial charge in [-0.1, -0.05) is 0 Å². The highest BCUT2D eigenvalue weighted by Crippen LogP contribution is 2.17. The Hall–Kier alpha value is -1.30. The highest BCUT2D eigenvalue weighted by molar-refractivity contribution is 5.57. The smallest absolute Gasteiger partial charge is 0.104 e. The summed E-state index contributed by atoms with van der Waals surface area (Å²) in [7, 11) is 0. The van der Waals surface area contributed by atoms with E-state index in [0.717, 1.165) is 16.9 Å². The number of rotatable bonds is 7. The van der Waals surface area contributed by atoms with E-state index in [1.165, 1.54) is 0 Å². The van der Waals surface area contributed by atoms with Gasteiger partial charge in [0.15, 0.2) is 0 Å². The second-order valence-electron chi connectivity index (χ2n) is 4.39. The molecule has 0 aliphatic carbocycles. The first-order valence-electron chi connectivity index (χ1n) is 6.17. The van der Waals surface area contributed by atoms with Gasteiger partial charge in [-0.2, -0.15) is 0 Å². The van der Waals surface area contributed by atoms with E-state index in [4.69, 9.17) is 10.8 Å². The number of anilines is 2. The van der Waals surface area contributed by atoms with E-state index in [-0.39, 0.29) is 6.61 Å². The summed E-state index contributed by atoms with van der Waals surface area (Å²) in [6, 6.07) is 5.72. The minimum Gasteiger partial charge on any atom is -0.399 e. The van der Waals surface area contributed by atoms with Crippen LogP contribution >= 0.6 is 0 Å². The minimum absolute atomic E-state index is 0.0474. The third kappa shape index (κ3) is 4.52. The lowest BCUT2D eigenvalue weighted by Gasteiger charge is -2.24. The molecule has 0 aliphatic heterocycles. The van der Waals surface area contributed by atoms with Crippen LogP contribution in [0.15, 0.2) is 18.2 Å². The van der Waals surface area contributed by atoms with Crippen LogP contribution in [0.5, 0.6) is 0 Å². The molecule has 0 radical (unpaired) electrons. The predicted molar refractivity (Wildman–Crippen MR) is 74.4 cm³/mol. The molecule has 1 rings (SSSR count). The summed E-state index contributed by atoms with van der Waals surface area (Å²) in [5.41, 5.74) is 8.58. The van der Waals surface area contributed by atoms with Crippen LogP contribution in [0.4, 0.5) is 11.4 Å². The third-order valence-corrected chi connectivity index (χ3v) is 2.88. The van der Waals surface area contributed by atoms with E-state index < -0.39 is 6.23 Å². The van der Waals surface area contributed by atoms with E-state index in [1.54, 1.807) is 11.8 Å². The molecule has 0 saturated carbocycles. The number of hydrogen-bond donors (Lipinski definition) is 4. The number of benzene rings is 1. The van der Waals surface area contributed by atoms with Gasteiger partial charge in [0.1, 0.15) is 6.23 Å². The van der Waals surface area contributed by atoms with E-state index in [2.05, 4.69) is 5.32 Å². The largest absolute Gasteiger partial charge is 0.399 e. The summed E-state index contributed by atoms with van der Waals surface area (Å²) in [4.78, 5) is 1.81. The van der Waals surface area contributed by atoms with Crippen LogP contribution in [0.1, 0.15) is 12.5 Å². The molecule has 5 heteroatoms. The lowest BCUT2D eigenvalue weighted by Crippen LogP contribution is -2.38. The van der Waals surface area contributed by atoms with Gasteiger partial charge in [0.05, 0.1) is 6.61 Å². The van der Waals surface area contributed by atoms with Crippen LogP contribution in [0.2, 0.25) is 0 Å². The van der Waals surface area contributed by atoms with Gasteiger partial charge < -0.3 is 21.3 Å². The van der Waals surface area contributed by atoms with Gasteiger partial charge in [-0.15, -0.1) is 0 Å². The molecule has 1 atom stereocenters. The summed E-state index contributed by atoms with van der Waals surface area (Å²) < 4.78 is 0. The van der Waals surface area contributed by atoms with Crippen LogP contribution in [0.25, 0.3) is 0 Å². The Labute approximate surface area is 108 Å². The van der Waals surface area contributed by atoms with Gasteiger partial charge in [0.25, 0.3) is 0 Å². The average Bonchev–Trinajstić information content (AvgIpc) is 2.30. The fourth-order valence-corrected chi connectivity index (χ4v) is 1.83. The molecule has 0 saturated heterocycles. The fraction of sp³-hybridized carbons (Fsp3) is 0.538.